The van der Waals surface area contributed by atoms with Crippen LogP contribution in [0.25, 0.3) is 0 Å². The molecule has 3 rings (SSSR count). The fourth-order valence-corrected chi connectivity index (χ4v) is 3.50. The first-order chi connectivity index (χ1) is 11.8. The number of amidine groups is 1. The predicted molar refractivity (Wildman–Crippen MR) is 97.8 cm³/mol. The van der Waals surface area contributed by atoms with Crippen molar-refractivity contribution in [3.63, 3.8) is 0 Å². The van der Waals surface area contributed by atoms with Crippen molar-refractivity contribution in [3.8, 4) is 0 Å². The van der Waals surface area contributed by atoms with E-state index in [9.17, 15) is 13.2 Å². The molecule has 1 aromatic carbocycles. The zero-order valence-electron chi connectivity index (χ0n) is 14.1. The van der Waals surface area contributed by atoms with Gasteiger partial charge in [-0.25, -0.2) is 8.42 Å². The van der Waals surface area contributed by atoms with Crippen LogP contribution in [0.5, 0.6) is 0 Å². The fourth-order valence-electron chi connectivity index (χ4n) is 2.53. The first-order valence-electron chi connectivity index (χ1n) is 7.88. The molecule has 0 bridgehead atoms. The molecule has 0 aromatic heterocycles. The van der Waals surface area contributed by atoms with Crippen LogP contribution in [-0.2, 0) is 21.4 Å². The van der Waals surface area contributed by atoms with Gasteiger partial charge in [0.05, 0.1) is 11.3 Å². The van der Waals surface area contributed by atoms with Crippen LogP contribution in [-0.4, -0.2) is 51.5 Å². The largest absolute Gasteiger partial charge is 0.378 e. The molecule has 0 saturated carbocycles. The smallest absolute Gasteiger partial charge is 0.256 e. The molecule has 2 aliphatic heterocycles. The molecule has 132 valence electrons. The van der Waals surface area contributed by atoms with Crippen LogP contribution in [0.2, 0.25) is 0 Å². The van der Waals surface area contributed by atoms with Crippen molar-refractivity contribution in [2.75, 3.05) is 31.3 Å². The molecule has 2 aliphatic rings. The van der Waals surface area contributed by atoms with Gasteiger partial charge in [0.1, 0.15) is 5.84 Å². The second kappa shape index (κ2) is 6.72. The molecule has 0 spiro atoms. The minimum absolute atomic E-state index is 0.0477. The second-order valence-corrected chi connectivity index (χ2v) is 7.84. The van der Waals surface area contributed by atoms with Gasteiger partial charge in [0.15, 0.2) is 0 Å². The molecule has 1 aromatic rings. The Balaban J connectivity index is 1.63. The summed E-state index contributed by atoms with van der Waals surface area (Å²) in [6.45, 7) is 0.724. The molecule has 0 unspecified atom stereocenters. The lowest BCUT2D eigenvalue weighted by Gasteiger charge is -2.26. The number of sulfonamides is 1. The molecule has 0 radical (unpaired) electrons. The summed E-state index contributed by atoms with van der Waals surface area (Å²) in [5.74, 6) is 0.0935. The topological polar surface area (TPSA) is 82.1 Å². The summed E-state index contributed by atoms with van der Waals surface area (Å²) >= 11 is 0. The van der Waals surface area contributed by atoms with E-state index >= 15 is 0 Å². The predicted octanol–water partition coefficient (Wildman–Crippen LogP) is 0.866. The van der Waals surface area contributed by atoms with Crippen LogP contribution in [0.1, 0.15) is 5.56 Å². The molecule has 1 N–H and O–H groups in total. The van der Waals surface area contributed by atoms with Gasteiger partial charge in [0, 0.05) is 39.1 Å². The highest BCUT2D eigenvalue weighted by Crippen LogP contribution is 2.16. The van der Waals surface area contributed by atoms with Gasteiger partial charge in [0.2, 0.25) is 0 Å². The van der Waals surface area contributed by atoms with Crippen LogP contribution in [0.3, 0.4) is 0 Å². The summed E-state index contributed by atoms with van der Waals surface area (Å²) in [6.07, 6.45) is 4.77. The van der Waals surface area contributed by atoms with Crippen molar-refractivity contribution in [2.24, 2.45) is 4.40 Å². The van der Waals surface area contributed by atoms with Crippen molar-refractivity contribution < 1.29 is 13.2 Å². The van der Waals surface area contributed by atoms with Gasteiger partial charge >= 0.3 is 0 Å². The lowest BCUT2D eigenvalue weighted by molar-refractivity contribution is -0.117. The van der Waals surface area contributed by atoms with Crippen molar-refractivity contribution in [2.45, 2.75) is 6.54 Å². The van der Waals surface area contributed by atoms with E-state index in [0.29, 0.717) is 24.5 Å². The van der Waals surface area contributed by atoms with Gasteiger partial charge in [-0.1, -0.05) is 12.1 Å². The van der Waals surface area contributed by atoms with E-state index in [1.54, 1.807) is 23.3 Å². The normalized spacial score (nSPS) is 18.1. The van der Waals surface area contributed by atoms with E-state index in [1.807, 2.05) is 43.3 Å². The maximum absolute atomic E-state index is 12.3. The minimum Gasteiger partial charge on any atom is -0.378 e. The Kier molecular flexibility index (Phi) is 4.63. The number of benzene rings is 1. The summed E-state index contributed by atoms with van der Waals surface area (Å²) in [6, 6.07) is 7.94. The van der Waals surface area contributed by atoms with Crippen LogP contribution >= 0.6 is 0 Å². The average Bonchev–Trinajstić information content (AvgIpc) is 2.58. The molecule has 7 nitrogen and oxygen atoms in total. The van der Waals surface area contributed by atoms with Gasteiger partial charge < -0.3 is 15.1 Å². The zero-order chi connectivity index (χ0) is 18.0. The van der Waals surface area contributed by atoms with E-state index in [0.717, 1.165) is 11.3 Å². The third-order valence-corrected chi connectivity index (χ3v) is 5.16. The van der Waals surface area contributed by atoms with Gasteiger partial charge in [-0.15, -0.1) is 4.40 Å². The number of hydrogen-bond acceptors (Lipinski definition) is 5. The van der Waals surface area contributed by atoms with Crippen LogP contribution in [0.4, 0.5) is 5.69 Å². The zero-order valence-corrected chi connectivity index (χ0v) is 15.0. The van der Waals surface area contributed by atoms with E-state index in [1.165, 1.54) is 0 Å². The number of amides is 1. The maximum Gasteiger partial charge on any atom is 0.256 e. The number of anilines is 1. The number of rotatable bonds is 4. The number of fused-ring (bicyclic) bond motifs is 1. The summed E-state index contributed by atoms with van der Waals surface area (Å²) in [5.41, 5.74) is 2.58. The summed E-state index contributed by atoms with van der Waals surface area (Å²) in [5, 5.41) is 2.87. The van der Waals surface area contributed by atoms with Crippen molar-refractivity contribution in [3.05, 3.63) is 53.8 Å². The molecule has 2 heterocycles. The Labute approximate surface area is 147 Å². The SMILES string of the molecule is CN(C)c1ccc(CNC(=O)C2=CN3CCS(=O)(=O)N=C3C=C2)cc1. The number of nitrogens with one attached hydrogen (secondary N) is 1. The molecule has 0 fully saturated rings. The summed E-state index contributed by atoms with van der Waals surface area (Å²) in [4.78, 5) is 16.0. The van der Waals surface area contributed by atoms with Crippen LogP contribution < -0.4 is 10.2 Å². The third kappa shape index (κ3) is 4.08. The third-order valence-electron chi connectivity index (χ3n) is 3.99. The highest BCUT2D eigenvalue weighted by molar-refractivity contribution is 7.90. The molecule has 8 heteroatoms. The average molecular weight is 360 g/mol. The van der Waals surface area contributed by atoms with E-state index in [4.69, 9.17) is 0 Å². The maximum atomic E-state index is 12.3. The second-order valence-electron chi connectivity index (χ2n) is 6.09. The minimum atomic E-state index is -3.39. The lowest BCUT2D eigenvalue weighted by atomic mass is 10.1. The lowest BCUT2D eigenvalue weighted by Crippen LogP contribution is -2.38. The molecule has 25 heavy (non-hydrogen) atoms. The highest BCUT2D eigenvalue weighted by atomic mass is 32.2. The Morgan fingerprint density at radius 2 is 1.96 bits per heavy atom. The van der Waals surface area contributed by atoms with Crippen LogP contribution in [0.15, 0.2) is 52.6 Å². The summed E-state index contributed by atoms with van der Waals surface area (Å²) < 4.78 is 26.7. The van der Waals surface area contributed by atoms with E-state index in [-0.39, 0.29) is 11.7 Å². The molecule has 0 saturated heterocycles. The Bertz CT molecular complexity index is 868. The van der Waals surface area contributed by atoms with Gasteiger partial charge in [-0.3, -0.25) is 4.79 Å². The van der Waals surface area contributed by atoms with Crippen LogP contribution in [0, 0.1) is 0 Å². The van der Waals surface area contributed by atoms with Gasteiger partial charge in [-0.05, 0) is 29.8 Å². The van der Waals surface area contributed by atoms with E-state index < -0.39 is 10.0 Å². The number of carbonyl (C=O) groups is 1. The molecular weight excluding hydrogens is 340 g/mol. The Morgan fingerprint density at radius 3 is 2.64 bits per heavy atom. The number of carbonyl (C=O) groups excluding carboxylic acids is 1. The first-order valence-corrected chi connectivity index (χ1v) is 9.49. The van der Waals surface area contributed by atoms with Crippen molar-refractivity contribution in [1.29, 1.82) is 0 Å². The molecular formula is C17H20N4O3S. The summed E-state index contributed by atoms with van der Waals surface area (Å²) in [7, 11) is 0.563. The fraction of sp³-hybridized carbons (Fsp3) is 0.294. The van der Waals surface area contributed by atoms with Crippen molar-refractivity contribution in [1.82, 2.24) is 10.2 Å². The first kappa shape index (κ1) is 17.2. The molecule has 0 atom stereocenters. The molecule has 0 aliphatic carbocycles. The highest BCUT2D eigenvalue weighted by Gasteiger charge is 2.24. The standard InChI is InChI=1S/C17H20N4O3S/c1-20(2)15-6-3-13(4-7-15)11-18-17(22)14-5-8-16-19-25(23,24)10-9-21(16)12-14/h3-8,12H,9-11H2,1-2H3,(H,18,22). The monoisotopic (exact) mass is 360 g/mol. The molecule has 1 amide bonds. The number of hydrogen-bond donors (Lipinski definition) is 1. The van der Waals surface area contributed by atoms with E-state index in [2.05, 4.69) is 9.71 Å². The van der Waals surface area contributed by atoms with Gasteiger partial charge in [-0.2, -0.15) is 0 Å². The van der Waals surface area contributed by atoms with Crippen molar-refractivity contribution >= 4 is 27.5 Å². The Hall–Kier alpha value is -2.61. The Morgan fingerprint density at radius 1 is 1.24 bits per heavy atom. The van der Waals surface area contributed by atoms with Gasteiger partial charge in [0.25, 0.3) is 15.9 Å². The quantitative estimate of drug-likeness (QED) is 0.861. The number of nitrogens with zero attached hydrogens (tertiary/aromatic N) is 3.